The second-order valence-electron chi connectivity index (χ2n) is 19.9. The molecule has 0 unspecified atom stereocenters. The minimum absolute atomic E-state index is 0.00210. The van der Waals surface area contributed by atoms with Gasteiger partial charge >= 0.3 is 11.9 Å². The van der Waals surface area contributed by atoms with Crippen LogP contribution in [0.1, 0.15) is 54.6 Å². The molecule has 456 valence electrons. The molecule has 8 heterocycles. The van der Waals surface area contributed by atoms with E-state index in [9.17, 15) is 28.6 Å². The molecule has 90 heavy (non-hydrogen) atoms. The number of carbonyl (C=O) groups is 2. The molecule has 0 saturated carbocycles. The first-order valence-corrected chi connectivity index (χ1v) is 28.0. The molecule has 0 fully saturated rings. The lowest BCUT2D eigenvalue weighted by Crippen LogP contribution is -2.10. The van der Waals surface area contributed by atoms with Crippen LogP contribution in [0.2, 0.25) is 10.0 Å². The average molecular weight is 1260 g/mol. The van der Waals surface area contributed by atoms with Gasteiger partial charge in [-0.05, 0) is 83.9 Å². The number of benzene rings is 4. The lowest BCUT2D eigenvalue weighted by molar-refractivity contribution is 0.0686. The van der Waals surface area contributed by atoms with Gasteiger partial charge < -0.3 is 38.3 Å². The zero-order valence-electron chi connectivity index (χ0n) is 47.4. The van der Waals surface area contributed by atoms with E-state index in [0.717, 1.165) is 23.3 Å². The lowest BCUT2D eigenvalue weighted by Gasteiger charge is -2.12. The predicted octanol–water partition coefficient (Wildman–Crippen LogP) is 11.0. The first kappa shape index (κ1) is 61.1. The minimum atomic E-state index is -1.27. The number of rotatable bonds is 22. The number of hydrogen-bond acceptors (Lipinski definition) is 16. The van der Waals surface area contributed by atoms with Crippen LogP contribution >= 0.6 is 23.2 Å². The van der Waals surface area contributed by atoms with Crippen LogP contribution in [0.5, 0.6) is 11.8 Å². The van der Waals surface area contributed by atoms with E-state index in [4.69, 9.17) is 42.1 Å². The first-order chi connectivity index (χ1) is 43.6. The number of ether oxygens (including phenoxy) is 4. The van der Waals surface area contributed by atoms with E-state index >= 15 is 8.78 Å². The minimum Gasteiger partial charge on any atom is -0.478 e. The number of imidazole rings is 2. The molecular weight excluding hydrogens is 1220 g/mol. The summed E-state index contributed by atoms with van der Waals surface area (Å²) >= 11 is 13.3. The van der Waals surface area contributed by atoms with Gasteiger partial charge in [-0.1, -0.05) is 57.9 Å². The number of nitrogens with zero attached hydrogens (tertiary/aromatic N) is 14. The van der Waals surface area contributed by atoms with Crippen LogP contribution in [-0.2, 0) is 48.6 Å². The van der Waals surface area contributed by atoms with E-state index in [-0.39, 0.29) is 118 Å². The summed E-state index contributed by atoms with van der Waals surface area (Å²) in [6, 6.07) is 27.3. The fraction of sp³-hybridized carbons (Fsp3) is 0.161. The highest BCUT2D eigenvalue weighted by Crippen LogP contribution is 2.34. The molecule has 8 aromatic heterocycles. The Kier molecular flexibility index (Phi) is 18.5. The smallest absolute Gasteiger partial charge is 0.335 e. The second kappa shape index (κ2) is 27.2. The first-order valence-electron chi connectivity index (χ1n) is 27.2. The molecule has 0 aliphatic rings. The summed E-state index contributed by atoms with van der Waals surface area (Å²) in [6.45, 7) is 1.41. The van der Waals surface area contributed by atoms with Gasteiger partial charge in [-0.3, -0.25) is 0 Å². The molecular formula is C62H48Cl2F4N14O8. The molecule has 0 amide bonds. The van der Waals surface area contributed by atoms with Gasteiger partial charge in [0.1, 0.15) is 47.5 Å². The lowest BCUT2D eigenvalue weighted by atomic mass is 10.0. The van der Waals surface area contributed by atoms with Crippen molar-refractivity contribution in [3.8, 4) is 45.9 Å². The Morgan fingerprint density at radius 2 is 0.967 bits per heavy atom. The number of fused-ring (bicyclic) bond motifs is 2. The van der Waals surface area contributed by atoms with Crippen LogP contribution in [0, 0.1) is 23.3 Å². The summed E-state index contributed by atoms with van der Waals surface area (Å²) in [5, 5.41) is 34.6. The monoisotopic (exact) mass is 1260 g/mol. The third-order valence-corrected chi connectivity index (χ3v) is 14.7. The number of aromatic nitrogens is 14. The van der Waals surface area contributed by atoms with Gasteiger partial charge in [0.2, 0.25) is 11.8 Å². The molecule has 2 N–H and O–H groups in total. The zero-order valence-corrected chi connectivity index (χ0v) is 48.9. The van der Waals surface area contributed by atoms with Gasteiger partial charge in [0.15, 0.2) is 23.3 Å². The third-order valence-electron chi connectivity index (χ3n) is 14.0. The molecule has 12 aromatic rings. The van der Waals surface area contributed by atoms with Gasteiger partial charge in [-0.2, -0.15) is 0 Å². The summed E-state index contributed by atoms with van der Waals surface area (Å²) in [6.07, 6.45) is 9.90. The van der Waals surface area contributed by atoms with Crippen LogP contribution < -0.4 is 9.47 Å². The Morgan fingerprint density at radius 3 is 1.33 bits per heavy atom. The number of aromatic carboxylic acids is 2. The van der Waals surface area contributed by atoms with E-state index in [1.54, 1.807) is 94.8 Å². The highest BCUT2D eigenvalue weighted by molar-refractivity contribution is 6.32. The molecule has 0 aliphatic carbocycles. The summed E-state index contributed by atoms with van der Waals surface area (Å²) in [4.78, 5) is 49.5. The van der Waals surface area contributed by atoms with Crippen molar-refractivity contribution in [1.29, 1.82) is 0 Å². The molecule has 0 saturated heterocycles. The number of methoxy groups -OCH3 is 2. The van der Waals surface area contributed by atoms with Crippen molar-refractivity contribution in [1.82, 2.24) is 69.0 Å². The van der Waals surface area contributed by atoms with Gasteiger partial charge in [-0.15, -0.1) is 10.2 Å². The fourth-order valence-electron chi connectivity index (χ4n) is 9.56. The van der Waals surface area contributed by atoms with E-state index < -0.39 is 35.2 Å². The van der Waals surface area contributed by atoms with Crippen LogP contribution in [0.15, 0.2) is 146 Å². The molecule has 4 aromatic carbocycles. The quantitative estimate of drug-likeness (QED) is 0.0598. The Morgan fingerprint density at radius 1 is 0.533 bits per heavy atom. The number of carboxylic acid groups (broad SMARTS) is 2. The van der Waals surface area contributed by atoms with Gasteiger partial charge in [-0.25, -0.2) is 66.4 Å². The Balaban J connectivity index is 0.000000185. The Hall–Kier alpha value is -10.5. The Bertz CT molecular complexity index is 4290. The van der Waals surface area contributed by atoms with Crippen LogP contribution in [0.3, 0.4) is 0 Å². The predicted molar refractivity (Wildman–Crippen MR) is 319 cm³/mol. The van der Waals surface area contributed by atoms with Gasteiger partial charge in [0.25, 0.3) is 0 Å². The van der Waals surface area contributed by atoms with E-state index in [1.165, 1.54) is 60.0 Å². The summed E-state index contributed by atoms with van der Waals surface area (Å²) in [5.74, 6) is -2.72. The van der Waals surface area contributed by atoms with E-state index in [0.29, 0.717) is 45.8 Å². The topological polar surface area (TPSA) is 260 Å². The van der Waals surface area contributed by atoms with Crippen LogP contribution in [0.25, 0.3) is 56.2 Å². The maximum Gasteiger partial charge on any atom is 0.335 e. The summed E-state index contributed by atoms with van der Waals surface area (Å²) in [5.41, 5.74) is 3.50. The third kappa shape index (κ3) is 13.8. The van der Waals surface area contributed by atoms with Crippen molar-refractivity contribution < 1.29 is 56.3 Å². The summed E-state index contributed by atoms with van der Waals surface area (Å²) < 4.78 is 89.1. The molecule has 0 radical (unpaired) electrons. The second-order valence-corrected chi connectivity index (χ2v) is 20.7. The Labute approximate surface area is 517 Å². The number of halogens is 6. The molecule has 0 spiro atoms. The fourth-order valence-corrected chi connectivity index (χ4v) is 10.0. The van der Waals surface area contributed by atoms with Crippen molar-refractivity contribution >= 4 is 57.2 Å². The summed E-state index contributed by atoms with van der Waals surface area (Å²) in [7, 11) is 3.02. The standard InChI is InChI=1S/2C31H24ClF2N7O4/c2*1-44-10-9-40-26-13-20(31(42)43)12-24(34)30(26)38-28(40)14-19-11-23(33)21(15-22(19)32)25-3-2-4-29(37-25)45-17-18-5-6-27(35-16-18)41-8-7-36-39-41/h2*2-8,11-13,15-16H,9-10,14,17H2,1H3,(H,42,43). The normalized spacial score (nSPS) is 11.3. The SMILES string of the molecule is COCCn1c(Cc2cc(F)c(-c3cccc(OCc4ccc(-n5ccnn5)nc4)n3)cc2Cl)nc2c(F)cc(C(=O)O)cc21.COCCn1c(Cc2cc(F)c(-c3cccc(OCc4ccc(-n5ccnn5)nc4)n3)cc2Cl)nc2c(F)cc(C(=O)O)cc21. The molecule has 28 heteroatoms. The number of pyridine rings is 4. The molecule has 0 atom stereocenters. The van der Waals surface area contributed by atoms with Crippen molar-refractivity contribution in [2.24, 2.45) is 0 Å². The van der Waals surface area contributed by atoms with Crippen molar-refractivity contribution in [2.45, 2.75) is 39.1 Å². The maximum atomic E-state index is 15.5. The van der Waals surface area contributed by atoms with Gasteiger partial charge in [0.05, 0.1) is 71.5 Å². The van der Waals surface area contributed by atoms with Crippen LogP contribution in [-0.4, -0.2) is 119 Å². The van der Waals surface area contributed by atoms with Crippen molar-refractivity contribution in [3.63, 3.8) is 0 Å². The molecule has 22 nitrogen and oxygen atoms in total. The van der Waals surface area contributed by atoms with Crippen molar-refractivity contribution in [3.05, 3.63) is 225 Å². The van der Waals surface area contributed by atoms with E-state index in [1.807, 2.05) is 12.1 Å². The highest BCUT2D eigenvalue weighted by atomic mass is 35.5. The van der Waals surface area contributed by atoms with Crippen molar-refractivity contribution in [2.75, 3.05) is 27.4 Å². The molecule has 0 bridgehead atoms. The average Bonchev–Trinajstić information content (AvgIpc) is 4.01. The van der Waals surface area contributed by atoms with Crippen LogP contribution in [0.4, 0.5) is 17.6 Å². The number of carboxylic acids is 2. The zero-order chi connectivity index (χ0) is 63.0. The maximum absolute atomic E-state index is 15.5. The molecule has 0 aliphatic heterocycles. The highest BCUT2D eigenvalue weighted by Gasteiger charge is 2.23. The number of hydrogen-bond donors (Lipinski definition) is 2. The molecule has 12 rings (SSSR count). The largest absolute Gasteiger partial charge is 0.478 e. The van der Waals surface area contributed by atoms with E-state index in [2.05, 4.69) is 50.5 Å². The van der Waals surface area contributed by atoms with Gasteiger partial charge in [0, 0.05) is 97.0 Å².